The molecule has 1 saturated carbocycles. The first-order valence-electron chi connectivity index (χ1n) is 9.73. The molecule has 0 aromatic heterocycles. The van der Waals surface area contributed by atoms with Crippen molar-refractivity contribution in [3.63, 3.8) is 0 Å². The number of rotatable bonds is 4. The number of imide groups is 1. The van der Waals surface area contributed by atoms with Gasteiger partial charge < -0.3 is 10.4 Å². The number of fused-ring (bicyclic) bond motifs is 1. The molecule has 1 aliphatic carbocycles. The lowest BCUT2D eigenvalue weighted by atomic mass is 9.94. The van der Waals surface area contributed by atoms with Crippen molar-refractivity contribution in [1.82, 2.24) is 4.90 Å². The van der Waals surface area contributed by atoms with E-state index in [9.17, 15) is 24.3 Å². The summed E-state index contributed by atoms with van der Waals surface area (Å²) in [6.07, 6.45) is 4.67. The topological polar surface area (TPSA) is 104 Å². The minimum absolute atomic E-state index is 0.0867. The quantitative estimate of drug-likeness (QED) is 0.712. The van der Waals surface area contributed by atoms with Gasteiger partial charge in [-0.15, -0.1) is 0 Å². The summed E-state index contributed by atoms with van der Waals surface area (Å²) in [4.78, 5) is 51.1. The highest BCUT2D eigenvalue weighted by atomic mass is 35.5. The van der Waals surface area contributed by atoms with E-state index in [1.54, 1.807) is 0 Å². The van der Waals surface area contributed by atoms with Crippen LogP contribution in [-0.4, -0.2) is 39.7 Å². The molecule has 1 heterocycles. The fourth-order valence-corrected chi connectivity index (χ4v) is 4.24. The molecule has 2 aliphatic rings. The number of carboxylic acid groups (broad SMARTS) is 1. The second-order valence-corrected chi connectivity index (χ2v) is 7.92. The van der Waals surface area contributed by atoms with Crippen molar-refractivity contribution in [2.75, 3.05) is 5.32 Å². The summed E-state index contributed by atoms with van der Waals surface area (Å²) in [5.74, 6) is -2.52. The number of nitrogens with zero attached hydrogens (tertiary/aromatic N) is 1. The van der Waals surface area contributed by atoms with E-state index < -0.39 is 11.9 Å². The summed E-state index contributed by atoms with van der Waals surface area (Å²) >= 11 is 5.84. The first-order valence-corrected chi connectivity index (χ1v) is 10.1. The molecule has 0 saturated heterocycles. The second kappa shape index (κ2) is 7.91. The van der Waals surface area contributed by atoms with Gasteiger partial charge in [-0.05, 0) is 49.2 Å². The van der Waals surface area contributed by atoms with E-state index >= 15 is 0 Å². The first-order chi connectivity index (χ1) is 14.4. The predicted molar refractivity (Wildman–Crippen MR) is 110 cm³/mol. The van der Waals surface area contributed by atoms with Crippen LogP contribution in [-0.2, 0) is 0 Å². The van der Waals surface area contributed by atoms with Gasteiger partial charge >= 0.3 is 5.97 Å². The van der Waals surface area contributed by atoms with Crippen LogP contribution in [0.3, 0.4) is 0 Å². The average molecular weight is 427 g/mol. The molecule has 0 spiro atoms. The van der Waals surface area contributed by atoms with Crippen LogP contribution in [0.5, 0.6) is 0 Å². The van der Waals surface area contributed by atoms with Crippen LogP contribution < -0.4 is 5.32 Å². The zero-order valence-electron chi connectivity index (χ0n) is 16.0. The smallest absolute Gasteiger partial charge is 0.337 e. The Hall–Kier alpha value is -3.19. The summed E-state index contributed by atoms with van der Waals surface area (Å²) in [6, 6.07) is 8.34. The van der Waals surface area contributed by atoms with Crippen LogP contribution in [0.4, 0.5) is 5.69 Å². The summed E-state index contributed by atoms with van der Waals surface area (Å²) in [5.41, 5.74) is 0.592. The maximum absolute atomic E-state index is 12.9. The Morgan fingerprint density at radius 1 is 0.967 bits per heavy atom. The molecule has 30 heavy (non-hydrogen) atoms. The molecule has 154 valence electrons. The minimum Gasteiger partial charge on any atom is -0.478 e. The Morgan fingerprint density at radius 2 is 1.67 bits per heavy atom. The van der Waals surface area contributed by atoms with Crippen molar-refractivity contribution in [3.8, 4) is 0 Å². The lowest BCUT2D eigenvalue weighted by molar-refractivity contribution is 0.0547. The van der Waals surface area contributed by atoms with E-state index in [1.807, 2.05) is 0 Å². The third-order valence-electron chi connectivity index (χ3n) is 5.58. The molecule has 0 atom stereocenters. The fraction of sp³-hybridized carbons (Fsp3) is 0.273. The lowest BCUT2D eigenvalue weighted by Gasteiger charge is -2.29. The fourth-order valence-electron chi connectivity index (χ4n) is 4.07. The van der Waals surface area contributed by atoms with Gasteiger partial charge in [0.15, 0.2) is 0 Å². The largest absolute Gasteiger partial charge is 0.478 e. The van der Waals surface area contributed by atoms with Crippen molar-refractivity contribution in [2.45, 2.75) is 38.1 Å². The number of carbonyl (C=O) groups is 4. The Balaban J connectivity index is 1.59. The van der Waals surface area contributed by atoms with Crippen molar-refractivity contribution >= 4 is 41.0 Å². The molecule has 2 aromatic rings. The number of anilines is 1. The zero-order valence-corrected chi connectivity index (χ0v) is 16.7. The van der Waals surface area contributed by atoms with Crippen molar-refractivity contribution in [2.24, 2.45) is 0 Å². The Labute approximate surface area is 177 Å². The zero-order chi connectivity index (χ0) is 21.4. The molecular weight excluding hydrogens is 408 g/mol. The molecule has 4 rings (SSSR count). The van der Waals surface area contributed by atoms with E-state index in [4.69, 9.17) is 11.6 Å². The van der Waals surface area contributed by atoms with Crippen LogP contribution in [0.15, 0.2) is 36.4 Å². The second-order valence-electron chi connectivity index (χ2n) is 7.48. The van der Waals surface area contributed by atoms with E-state index in [0.29, 0.717) is 5.56 Å². The number of carbonyl (C=O) groups excluding carboxylic acids is 3. The standard InChI is InChI=1S/C22H19ClN2O5/c23-13-7-9-18(17(11-13)22(29)30)24-19(26)12-6-8-15-16(10-12)21(28)25(20(15)27)14-4-2-1-3-5-14/h6-11,14H,1-5H2,(H,24,26)(H,29,30). The van der Waals surface area contributed by atoms with E-state index in [-0.39, 0.29) is 45.3 Å². The van der Waals surface area contributed by atoms with Gasteiger partial charge in [-0.3, -0.25) is 19.3 Å². The summed E-state index contributed by atoms with van der Waals surface area (Å²) in [5, 5.41) is 12.1. The molecule has 8 heteroatoms. The monoisotopic (exact) mass is 426 g/mol. The molecule has 7 nitrogen and oxygen atoms in total. The van der Waals surface area contributed by atoms with Crippen molar-refractivity contribution in [3.05, 3.63) is 63.7 Å². The number of nitrogens with one attached hydrogen (secondary N) is 1. The van der Waals surface area contributed by atoms with Gasteiger partial charge in [0.05, 0.1) is 22.4 Å². The highest BCUT2D eigenvalue weighted by molar-refractivity contribution is 6.31. The summed E-state index contributed by atoms with van der Waals surface area (Å²) in [6.45, 7) is 0. The van der Waals surface area contributed by atoms with Gasteiger partial charge in [0, 0.05) is 16.6 Å². The summed E-state index contributed by atoms with van der Waals surface area (Å²) < 4.78 is 0. The van der Waals surface area contributed by atoms with Crippen LogP contribution in [0.25, 0.3) is 0 Å². The molecule has 2 aromatic carbocycles. The van der Waals surface area contributed by atoms with E-state index in [2.05, 4.69) is 5.32 Å². The lowest BCUT2D eigenvalue weighted by Crippen LogP contribution is -2.40. The van der Waals surface area contributed by atoms with Crippen LogP contribution in [0.1, 0.15) is 73.5 Å². The molecular formula is C22H19ClN2O5. The van der Waals surface area contributed by atoms with Gasteiger partial charge in [-0.25, -0.2) is 4.79 Å². The average Bonchev–Trinajstić information content (AvgIpc) is 2.99. The normalized spacial score (nSPS) is 16.5. The molecule has 0 radical (unpaired) electrons. The van der Waals surface area contributed by atoms with Gasteiger partial charge in [0.1, 0.15) is 0 Å². The molecule has 2 N–H and O–H groups in total. The molecule has 0 bridgehead atoms. The van der Waals surface area contributed by atoms with Gasteiger partial charge in [0.2, 0.25) is 0 Å². The number of amides is 3. The third kappa shape index (κ3) is 3.57. The summed E-state index contributed by atoms with van der Waals surface area (Å²) in [7, 11) is 0. The third-order valence-corrected chi connectivity index (χ3v) is 5.82. The van der Waals surface area contributed by atoms with Gasteiger partial charge in [-0.2, -0.15) is 0 Å². The predicted octanol–water partition coefficient (Wildman–Crippen LogP) is 4.22. The van der Waals surface area contributed by atoms with E-state index in [1.165, 1.54) is 41.3 Å². The van der Waals surface area contributed by atoms with Crippen molar-refractivity contribution < 1.29 is 24.3 Å². The molecule has 3 amide bonds. The molecule has 1 aliphatic heterocycles. The number of hydrogen-bond donors (Lipinski definition) is 2. The van der Waals surface area contributed by atoms with Crippen LogP contribution in [0.2, 0.25) is 5.02 Å². The van der Waals surface area contributed by atoms with Crippen LogP contribution in [0, 0.1) is 0 Å². The molecule has 1 fully saturated rings. The Bertz CT molecular complexity index is 1080. The maximum Gasteiger partial charge on any atom is 0.337 e. The SMILES string of the molecule is O=C(Nc1ccc(Cl)cc1C(=O)O)c1ccc2c(c1)C(=O)N(C1CCCCC1)C2=O. The van der Waals surface area contributed by atoms with E-state index in [0.717, 1.165) is 32.1 Å². The first kappa shape index (κ1) is 20.1. The Morgan fingerprint density at radius 3 is 2.37 bits per heavy atom. The van der Waals surface area contributed by atoms with Crippen molar-refractivity contribution in [1.29, 1.82) is 0 Å². The van der Waals surface area contributed by atoms with Crippen LogP contribution >= 0.6 is 11.6 Å². The highest BCUT2D eigenvalue weighted by Gasteiger charge is 2.40. The Kier molecular flexibility index (Phi) is 5.30. The number of halogens is 1. The number of aromatic carboxylic acids is 1. The number of hydrogen-bond acceptors (Lipinski definition) is 4. The number of benzene rings is 2. The van der Waals surface area contributed by atoms with Gasteiger partial charge in [0.25, 0.3) is 17.7 Å². The number of carboxylic acids is 1. The maximum atomic E-state index is 12.9. The van der Waals surface area contributed by atoms with Gasteiger partial charge in [-0.1, -0.05) is 30.9 Å². The highest BCUT2D eigenvalue weighted by Crippen LogP contribution is 2.31. The molecule has 0 unspecified atom stereocenters. The minimum atomic E-state index is -1.23.